The fourth-order valence-electron chi connectivity index (χ4n) is 5.93. The van der Waals surface area contributed by atoms with Crippen LogP contribution in [0.1, 0.15) is 64.2 Å². The van der Waals surface area contributed by atoms with E-state index in [0.717, 1.165) is 60.6 Å². The number of rotatable bonds is 2. The number of para-hydroxylation sites is 1. The highest BCUT2D eigenvalue weighted by atomic mass is 127. The Morgan fingerprint density at radius 3 is 2.09 bits per heavy atom. The molecule has 5 fully saturated rings. The van der Waals surface area contributed by atoms with E-state index in [2.05, 4.69) is 27.9 Å². The SMILES string of the molecule is O=C(Nc1ccccc1I)[C@@H]1O[C@H]2OC3(CCCCC3)O[C@@H]2[C@H]2OC3(CCCCC3)O[C@H]21. The Labute approximate surface area is 202 Å². The summed E-state index contributed by atoms with van der Waals surface area (Å²) in [5, 5.41) is 3.03. The van der Waals surface area contributed by atoms with Crippen LogP contribution < -0.4 is 5.32 Å². The number of anilines is 1. The van der Waals surface area contributed by atoms with Gasteiger partial charge in [0.25, 0.3) is 5.91 Å². The van der Waals surface area contributed by atoms with Gasteiger partial charge in [-0.15, -0.1) is 0 Å². The molecule has 0 aromatic heterocycles. The standard InChI is InChI=1S/C24H30INO6/c25-15-9-3-4-10-16(15)26-21(27)19-17-18(30-23(29-17)11-5-1-6-12-23)20-22(28-19)32-24(31-20)13-7-2-8-14-24/h3-4,9-10,17-20,22H,1-2,5-8,11-14H2,(H,26,27)/t17-,18+,19-,20-,22+/m1/s1. The van der Waals surface area contributed by atoms with E-state index in [9.17, 15) is 4.79 Å². The van der Waals surface area contributed by atoms with Gasteiger partial charge in [-0.2, -0.15) is 0 Å². The molecule has 7 nitrogen and oxygen atoms in total. The molecule has 6 rings (SSSR count). The molecule has 3 saturated heterocycles. The van der Waals surface area contributed by atoms with Gasteiger partial charge in [-0.3, -0.25) is 4.79 Å². The van der Waals surface area contributed by atoms with Crippen molar-refractivity contribution in [1.82, 2.24) is 0 Å². The normalized spacial score (nSPS) is 37.2. The summed E-state index contributed by atoms with van der Waals surface area (Å²) in [6, 6.07) is 7.71. The van der Waals surface area contributed by atoms with E-state index in [-0.39, 0.29) is 18.1 Å². The molecule has 0 bridgehead atoms. The smallest absolute Gasteiger partial charge is 0.256 e. The molecule has 3 aliphatic heterocycles. The molecule has 2 saturated carbocycles. The number of carbonyl (C=O) groups excluding carboxylic acids is 1. The number of ether oxygens (including phenoxy) is 5. The maximum Gasteiger partial charge on any atom is 0.256 e. The highest BCUT2D eigenvalue weighted by Crippen LogP contribution is 2.51. The van der Waals surface area contributed by atoms with Crippen LogP contribution in [0.4, 0.5) is 5.69 Å². The lowest BCUT2D eigenvalue weighted by molar-refractivity contribution is -0.246. The van der Waals surface area contributed by atoms with Gasteiger partial charge in [-0.1, -0.05) is 25.0 Å². The second kappa shape index (κ2) is 8.46. The average molecular weight is 555 g/mol. The van der Waals surface area contributed by atoms with E-state index in [1.165, 1.54) is 12.8 Å². The van der Waals surface area contributed by atoms with Crippen LogP contribution in [0.2, 0.25) is 0 Å². The Bertz CT molecular complexity index is 868. The lowest BCUT2D eigenvalue weighted by atomic mass is 9.94. The van der Waals surface area contributed by atoms with Gasteiger partial charge in [0, 0.05) is 29.3 Å². The quantitative estimate of drug-likeness (QED) is 0.543. The first-order valence-corrected chi connectivity index (χ1v) is 13.1. The highest BCUT2D eigenvalue weighted by molar-refractivity contribution is 14.1. The Morgan fingerprint density at radius 1 is 0.812 bits per heavy atom. The van der Waals surface area contributed by atoms with E-state index in [0.29, 0.717) is 0 Å². The van der Waals surface area contributed by atoms with Crippen molar-refractivity contribution in [2.45, 2.75) is 106 Å². The first-order chi connectivity index (χ1) is 15.6. The lowest BCUT2D eigenvalue weighted by Crippen LogP contribution is -2.58. The summed E-state index contributed by atoms with van der Waals surface area (Å²) in [6.07, 6.45) is 7.34. The molecule has 2 spiro atoms. The number of carbonyl (C=O) groups is 1. The molecule has 32 heavy (non-hydrogen) atoms. The number of fused-ring (bicyclic) bond motifs is 3. The van der Waals surface area contributed by atoms with E-state index < -0.39 is 30.1 Å². The molecular formula is C24H30INO6. The first kappa shape index (κ1) is 21.7. The van der Waals surface area contributed by atoms with Gasteiger partial charge in [-0.05, 0) is 60.4 Å². The van der Waals surface area contributed by atoms with Crippen molar-refractivity contribution >= 4 is 34.2 Å². The molecule has 1 aromatic rings. The van der Waals surface area contributed by atoms with E-state index in [1.807, 2.05) is 24.3 Å². The minimum Gasteiger partial charge on any atom is -0.341 e. The van der Waals surface area contributed by atoms with Crippen LogP contribution in [-0.2, 0) is 28.5 Å². The van der Waals surface area contributed by atoms with Gasteiger partial charge in [0.05, 0.1) is 5.69 Å². The third-order valence-electron chi connectivity index (χ3n) is 7.50. The second-order valence-electron chi connectivity index (χ2n) is 9.70. The Hall–Kier alpha value is -0.780. The van der Waals surface area contributed by atoms with Gasteiger partial charge in [-0.25, -0.2) is 0 Å². The molecule has 1 N–H and O–H groups in total. The molecular weight excluding hydrogens is 525 g/mol. The molecule has 174 valence electrons. The summed E-state index contributed by atoms with van der Waals surface area (Å²) in [7, 11) is 0. The maximum atomic E-state index is 13.4. The highest BCUT2D eigenvalue weighted by Gasteiger charge is 2.65. The lowest BCUT2D eigenvalue weighted by Gasteiger charge is -2.36. The third kappa shape index (κ3) is 3.80. The Balaban J connectivity index is 1.28. The summed E-state index contributed by atoms with van der Waals surface area (Å²) in [5.74, 6) is -1.49. The molecule has 8 heteroatoms. The van der Waals surface area contributed by atoms with Gasteiger partial charge >= 0.3 is 0 Å². The summed E-state index contributed by atoms with van der Waals surface area (Å²) in [4.78, 5) is 13.4. The van der Waals surface area contributed by atoms with Crippen LogP contribution in [-0.4, -0.2) is 48.2 Å². The Kier molecular flexibility index (Phi) is 5.75. The molecule has 1 aromatic carbocycles. The topological polar surface area (TPSA) is 75.3 Å². The number of halogens is 1. The van der Waals surface area contributed by atoms with Crippen molar-refractivity contribution in [3.8, 4) is 0 Å². The van der Waals surface area contributed by atoms with E-state index >= 15 is 0 Å². The predicted octanol–water partition coefficient (Wildman–Crippen LogP) is 4.47. The van der Waals surface area contributed by atoms with Crippen LogP contribution in [0.5, 0.6) is 0 Å². The summed E-state index contributed by atoms with van der Waals surface area (Å²) >= 11 is 2.22. The number of amides is 1. The van der Waals surface area contributed by atoms with Crippen LogP contribution >= 0.6 is 22.6 Å². The maximum absolute atomic E-state index is 13.4. The van der Waals surface area contributed by atoms with Crippen molar-refractivity contribution in [2.75, 3.05) is 5.32 Å². The van der Waals surface area contributed by atoms with Crippen LogP contribution in [0.25, 0.3) is 0 Å². The van der Waals surface area contributed by atoms with Crippen molar-refractivity contribution in [3.63, 3.8) is 0 Å². The van der Waals surface area contributed by atoms with E-state index in [1.54, 1.807) is 0 Å². The molecule has 0 unspecified atom stereocenters. The molecule has 2 aliphatic carbocycles. The van der Waals surface area contributed by atoms with Crippen LogP contribution in [0.15, 0.2) is 24.3 Å². The van der Waals surface area contributed by atoms with Crippen molar-refractivity contribution in [2.24, 2.45) is 0 Å². The molecule has 1 amide bonds. The zero-order valence-corrected chi connectivity index (χ0v) is 20.3. The Morgan fingerprint density at radius 2 is 1.41 bits per heavy atom. The van der Waals surface area contributed by atoms with Crippen molar-refractivity contribution < 1.29 is 28.5 Å². The zero-order chi connectivity index (χ0) is 21.8. The fourth-order valence-corrected chi connectivity index (χ4v) is 6.46. The van der Waals surface area contributed by atoms with Crippen molar-refractivity contribution in [3.05, 3.63) is 27.8 Å². The largest absolute Gasteiger partial charge is 0.341 e. The van der Waals surface area contributed by atoms with Gasteiger partial charge in [0.1, 0.15) is 18.3 Å². The van der Waals surface area contributed by atoms with Crippen LogP contribution in [0.3, 0.4) is 0 Å². The number of benzene rings is 1. The minimum atomic E-state index is -0.819. The number of hydrogen-bond acceptors (Lipinski definition) is 6. The summed E-state index contributed by atoms with van der Waals surface area (Å²) in [5.41, 5.74) is 0.763. The van der Waals surface area contributed by atoms with Crippen LogP contribution in [0, 0.1) is 3.57 Å². The molecule has 5 atom stereocenters. The van der Waals surface area contributed by atoms with Gasteiger partial charge < -0.3 is 29.0 Å². The zero-order valence-electron chi connectivity index (χ0n) is 18.1. The molecule has 0 radical (unpaired) electrons. The van der Waals surface area contributed by atoms with Crippen molar-refractivity contribution in [1.29, 1.82) is 0 Å². The molecule has 3 heterocycles. The predicted molar refractivity (Wildman–Crippen MR) is 124 cm³/mol. The van der Waals surface area contributed by atoms with E-state index in [4.69, 9.17) is 23.7 Å². The third-order valence-corrected chi connectivity index (χ3v) is 8.44. The van der Waals surface area contributed by atoms with Gasteiger partial charge in [0.15, 0.2) is 24.0 Å². The number of hydrogen-bond donors (Lipinski definition) is 1. The minimum absolute atomic E-state index is 0.229. The fraction of sp³-hybridized carbons (Fsp3) is 0.708. The molecule has 5 aliphatic rings. The number of nitrogens with one attached hydrogen (secondary N) is 1. The summed E-state index contributed by atoms with van der Waals surface area (Å²) in [6.45, 7) is 0. The monoisotopic (exact) mass is 555 g/mol. The average Bonchev–Trinajstić information content (AvgIpc) is 3.33. The summed E-state index contributed by atoms with van der Waals surface area (Å²) < 4.78 is 33.3. The van der Waals surface area contributed by atoms with Gasteiger partial charge in [0.2, 0.25) is 0 Å². The second-order valence-corrected chi connectivity index (χ2v) is 10.9. The first-order valence-electron chi connectivity index (χ1n) is 12.0.